The number of nitrogens with zero attached hydrogens (tertiary/aromatic N) is 3. The molecule has 0 aliphatic rings. The summed E-state index contributed by atoms with van der Waals surface area (Å²) < 4.78 is 4.66. The Bertz CT molecular complexity index is 845. The van der Waals surface area contributed by atoms with Crippen LogP contribution in [-0.2, 0) is 4.74 Å². The van der Waals surface area contributed by atoms with Gasteiger partial charge in [-0.05, 0) is 24.3 Å². The van der Waals surface area contributed by atoms with E-state index in [9.17, 15) is 9.59 Å². The Morgan fingerprint density at radius 1 is 1.35 bits per heavy atom. The van der Waals surface area contributed by atoms with Crippen LogP contribution in [0, 0.1) is 12.3 Å². The zero-order chi connectivity index (χ0) is 19.1. The number of ether oxygens (including phenoxy) is 1. The number of rotatable bonds is 6. The third-order valence-corrected chi connectivity index (χ3v) is 3.37. The Kier molecular flexibility index (Phi) is 5.95. The lowest BCUT2D eigenvalue weighted by molar-refractivity contribution is 0.100. The first-order valence-corrected chi connectivity index (χ1v) is 7.49. The molecule has 0 unspecified atom stereocenters. The average Bonchev–Trinajstić information content (AvgIpc) is 2.65. The van der Waals surface area contributed by atoms with Crippen molar-refractivity contribution < 1.29 is 14.3 Å². The van der Waals surface area contributed by atoms with E-state index in [4.69, 9.17) is 12.2 Å². The van der Waals surface area contributed by atoms with Gasteiger partial charge < -0.3 is 21.1 Å². The number of benzene rings is 1. The molecular weight excluding hydrogens is 336 g/mol. The van der Waals surface area contributed by atoms with Crippen LogP contribution in [-0.4, -0.2) is 42.7 Å². The van der Waals surface area contributed by atoms with Gasteiger partial charge in [0.15, 0.2) is 0 Å². The van der Waals surface area contributed by atoms with E-state index in [1.165, 1.54) is 18.2 Å². The molecule has 134 valence electrons. The van der Waals surface area contributed by atoms with Crippen molar-refractivity contribution >= 4 is 35.1 Å². The lowest BCUT2D eigenvalue weighted by Gasteiger charge is -2.16. The maximum Gasteiger partial charge on any atom is 0.413 e. The first kappa shape index (κ1) is 18.5. The average molecular weight is 354 g/mol. The number of hydrogen-bond donors (Lipinski definition) is 3. The topological polar surface area (TPSA) is 122 Å². The number of nitrogens with one attached hydrogen (secondary N) is 2. The smallest absolute Gasteiger partial charge is 0.413 e. The lowest BCUT2D eigenvalue weighted by atomic mass is 10.2. The third-order valence-electron chi connectivity index (χ3n) is 3.37. The van der Waals surface area contributed by atoms with Gasteiger partial charge in [0.25, 0.3) is 5.91 Å². The molecule has 1 heterocycles. The molecule has 26 heavy (non-hydrogen) atoms. The lowest BCUT2D eigenvalue weighted by Crippen LogP contribution is -2.25. The summed E-state index contributed by atoms with van der Waals surface area (Å²) in [5.41, 5.74) is 6.77. The van der Waals surface area contributed by atoms with Crippen LogP contribution in [0.25, 0.3) is 0 Å². The zero-order valence-corrected chi connectivity index (χ0v) is 14.3. The van der Waals surface area contributed by atoms with Crippen molar-refractivity contribution in [2.45, 2.75) is 0 Å². The van der Waals surface area contributed by atoms with E-state index in [2.05, 4.69) is 31.3 Å². The van der Waals surface area contributed by atoms with E-state index in [1.54, 1.807) is 31.3 Å². The van der Waals surface area contributed by atoms with Gasteiger partial charge in [-0.3, -0.25) is 9.69 Å². The molecule has 2 rings (SSSR count). The largest absolute Gasteiger partial charge is 0.452 e. The predicted octanol–water partition coefficient (Wildman–Crippen LogP) is 1.57. The highest BCUT2D eigenvalue weighted by molar-refractivity contribution is 5.97. The molecule has 4 N–H and O–H groups in total. The van der Waals surface area contributed by atoms with Crippen molar-refractivity contribution in [3.05, 3.63) is 36.0 Å². The second-order valence-corrected chi connectivity index (χ2v) is 5.08. The number of methoxy groups -OCH3 is 1. The molecule has 0 spiro atoms. The van der Waals surface area contributed by atoms with E-state index < -0.39 is 12.0 Å². The Morgan fingerprint density at radius 3 is 2.62 bits per heavy atom. The molecule has 9 heteroatoms. The van der Waals surface area contributed by atoms with Crippen LogP contribution in [0.5, 0.6) is 0 Å². The summed E-state index contributed by atoms with van der Waals surface area (Å²) in [4.78, 5) is 32.6. The minimum Gasteiger partial charge on any atom is -0.452 e. The molecule has 0 radical (unpaired) electrons. The van der Waals surface area contributed by atoms with Crippen molar-refractivity contribution in [1.29, 1.82) is 0 Å². The van der Waals surface area contributed by atoms with Gasteiger partial charge in [-0.25, -0.2) is 9.78 Å². The fourth-order valence-electron chi connectivity index (χ4n) is 2.03. The van der Waals surface area contributed by atoms with E-state index >= 15 is 0 Å². The molecule has 0 saturated carbocycles. The molecule has 0 bridgehead atoms. The van der Waals surface area contributed by atoms with Gasteiger partial charge in [0.2, 0.25) is 5.95 Å². The van der Waals surface area contributed by atoms with Crippen LogP contribution in [0.4, 0.5) is 27.9 Å². The van der Waals surface area contributed by atoms with Gasteiger partial charge in [0, 0.05) is 24.6 Å². The minimum absolute atomic E-state index is 0.140. The quantitative estimate of drug-likeness (QED) is 0.673. The normalized spacial score (nSPS) is 9.73. The number of aromatic nitrogens is 2. The van der Waals surface area contributed by atoms with Crippen molar-refractivity contribution in [3.63, 3.8) is 0 Å². The number of primary amides is 1. The number of amides is 2. The second kappa shape index (κ2) is 8.34. The summed E-state index contributed by atoms with van der Waals surface area (Å²) in [6, 6.07) is 6.95. The summed E-state index contributed by atoms with van der Waals surface area (Å²) in [5.74, 6) is 2.23. The van der Waals surface area contributed by atoms with Crippen molar-refractivity contribution in [3.8, 4) is 12.3 Å². The van der Waals surface area contributed by atoms with Gasteiger partial charge in [-0.15, -0.1) is 6.42 Å². The minimum atomic E-state index is -0.661. The number of carbonyl (C=O) groups excluding carboxylic acids is 2. The number of hydrogen-bond acceptors (Lipinski definition) is 7. The Labute approximate surface area is 150 Å². The zero-order valence-electron chi connectivity index (χ0n) is 14.3. The van der Waals surface area contributed by atoms with E-state index in [0.717, 1.165) is 0 Å². The Balaban J connectivity index is 2.19. The summed E-state index contributed by atoms with van der Waals surface area (Å²) >= 11 is 0. The van der Waals surface area contributed by atoms with Crippen molar-refractivity contribution in [2.75, 3.05) is 36.2 Å². The molecule has 1 aromatic heterocycles. The maximum atomic E-state index is 11.5. The van der Waals surface area contributed by atoms with Crippen LogP contribution in [0.2, 0.25) is 0 Å². The highest BCUT2D eigenvalue weighted by atomic mass is 16.5. The van der Waals surface area contributed by atoms with Gasteiger partial charge in [-0.1, -0.05) is 5.92 Å². The number of carbonyl (C=O) groups is 2. The molecular formula is C17H18N6O3. The summed E-state index contributed by atoms with van der Waals surface area (Å²) in [6.45, 7) is 0.186. The second-order valence-electron chi connectivity index (χ2n) is 5.08. The molecule has 9 nitrogen and oxygen atoms in total. The fourth-order valence-corrected chi connectivity index (χ4v) is 2.03. The molecule has 1 aromatic carbocycles. The number of nitrogens with two attached hydrogens (primary N) is 1. The standard InChI is InChI=1S/C17H18N6O3/c1-4-9-19-15-13(14(18)24)10-20-16(22-15)21-11-5-7-12(8-6-11)23(2)17(25)26-3/h1,5-8,10H,9H2,2-3H3,(H2,18,24)(H2,19,20,21,22). The van der Waals surface area contributed by atoms with E-state index in [1.807, 2.05) is 0 Å². The van der Waals surface area contributed by atoms with Crippen LogP contribution in [0.3, 0.4) is 0 Å². The Hall–Kier alpha value is -3.80. The van der Waals surface area contributed by atoms with E-state index in [0.29, 0.717) is 11.4 Å². The molecule has 2 aromatic rings. The van der Waals surface area contributed by atoms with Gasteiger partial charge >= 0.3 is 6.09 Å². The molecule has 0 atom stereocenters. The highest BCUT2D eigenvalue weighted by Gasteiger charge is 2.13. The van der Waals surface area contributed by atoms with Crippen LogP contribution < -0.4 is 21.3 Å². The van der Waals surface area contributed by atoms with Crippen molar-refractivity contribution in [2.24, 2.45) is 5.73 Å². The van der Waals surface area contributed by atoms with Crippen LogP contribution in [0.15, 0.2) is 30.5 Å². The van der Waals surface area contributed by atoms with E-state index in [-0.39, 0.29) is 23.9 Å². The first-order valence-electron chi connectivity index (χ1n) is 7.49. The first-order chi connectivity index (χ1) is 12.5. The summed E-state index contributed by atoms with van der Waals surface area (Å²) in [5, 5.41) is 5.82. The molecule has 0 saturated heterocycles. The van der Waals surface area contributed by atoms with Gasteiger partial charge in [-0.2, -0.15) is 4.98 Å². The van der Waals surface area contributed by atoms with Crippen LogP contribution >= 0.6 is 0 Å². The molecule has 2 amide bonds. The number of anilines is 4. The Morgan fingerprint density at radius 2 is 2.04 bits per heavy atom. The summed E-state index contributed by atoms with van der Waals surface area (Å²) in [7, 11) is 2.91. The monoisotopic (exact) mass is 354 g/mol. The molecule has 0 aliphatic heterocycles. The SMILES string of the molecule is C#CCNc1nc(Nc2ccc(N(C)C(=O)OC)cc2)ncc1C(N)=O. The number of terminal acetylenes is 1. The molecule has 0 aliphatic carbocycles. The van der Waals surface area contributed by atoms with Gasteiger partial charge in [0.05, 0.1) is 19.2 Å². The maximum absolute atomic E-state index is 11.5. The third kappa shape index (κ3) is 4.39. The fraction of sp³-hybridized carbons (Fsp3) is 0.176. The highest BCUT2D eigenvalue weighted by Crippen LogP contribution is 2.21. The van der Waals surface area contributed by atoms with Gasteiger partial charge in [0.1, 0.15) is 5.82 Å². The predicted molar refractivity (Wildman–Crippen MR) is 98.4 cm³/mol. The van der Waals surface area contributed by atoms with Crippen LogP contribution in [0.1, 0.15) is 10.4 Å². The van der Waals surface area contributed by atoms with Crippen molar-refractivity contribution in [1.82, 2.24) is 9.97 Å². The summed E-state index contributed by atoms with van der Waals surface area (Å²) in [6.07, 6.45) is 6.05. The molecule has 0 fully saturated rings.